The fraction of sp³-hybridized carbons (Fsp3) is 0.316. The van der Waals surface area contributed by atoms with Crippen LogP contribution in [0.5, 0.6) is 5.88 Å². The molecule has 1 aliphatic heterocycles. The van der Waals surface area contributed by atoms with Crippen molar-refractivity contribution in [3.63, 3.8) is 0 Å². The lowest BCUT2D eigenvalue weighted by Gasteiger charge is -2.17. The average molecular weight is 384 g/mol. The number of ether oxygens (including phenoxy) is 1. The molecule has 3 heterocycles. The van der Waals surface area contributed by atoms with Crippen molar-refractivity contribution >= 4 is 20.9 Å². The number of fused-ring (bicyclic) bond motifs is 1. The van der Waals surface area contributed by atoms with Crippen molar-refractivity contribution in [1.29, 1.82) is 0 Å². The van der Waals surface area contributed by atoms with Crippen molar-refractivity contribution in [3.05, 3.63) is 54.4 Å². The van der Waals surface area contributed by atoms with Gasteiger partial charge in [-0.3, -0.25) is 4.98 Å². The highest BCUT2D eigenvalue weighted by atomic mass is 32.2. The first-order chi connectivity index (χ1) is 13.0. The average Bonchev–Trinajstić information content (AvgIpc) is 3.17. The van der Waals surface area contributed by atoms with Crippen LogP contribution in [0.4, 0.5) is 0 Å². The molecule has 1 unspecified atom stereocenters. The Morgan fingerprint density at radius 1 is 1.15 bits per heavy atom. The Balaban J connectivity index is 1.48. The maximum atomic E-state index is 13.1. The summed E-state index contributed by atoms with van der Waals surface area (Å²) < 4.78 is 33.5. The monoisotopic (exact) mass is 384 g/mol. The van der Waals surface area contributed by atoms with Gasteiger partial charge in [-0.05, 0) is 31.5 Å². The van der Waals surface area contributed by atoms with Crippen LogP contribution in [0.1, 0.15) is 12.1 Å². The van der Waals surface area contributed by atoms with E-state index in [1.165, 1.54) is 4.31 Å². The predicted octanol–water partition coefficient (Wildman–Crippen LogP) is 2.42. The molecule has 2 aromatic heterocycles. The standard InChI is InChI=1S/C19H20N4O3S/c1-14-7-8-18(22-21-14)26-13-15-9-11-23(12-15)27(24,25)17-6-2-4-16-5-3-10-20-19(16)17/h2-8,10,15H,9,11-13H2,1H3. The van der Waals surface area contributed by atoms with Crippen LogP contribution in [0.25, 0.3) is 10.9 Å². The van der Waals surface area contributed by atoms with E-state index in [-0.39, 0.29) is 10.8 Å². The fourth-order valence-electron chi connectivity index (χ4n) is 3.24. The van der Waals surface area contributed by atoms with E-state index >= 15 is 0 Å². The van der Waals surface area contributed by atoms with E-state index in [9.17, 15) is 8.42 Å². The molecule has 0 radical (unpaired) electrons. The van der Waals surface area contributed by atoms with Crippen LogP contribution in [-0.4, -0.2) is 47.6 Å². The molecule has 1 aliphatic rings. The number of aryl methyl sites for hydroxylation is 1. The molecule has 0 spiro atoms. The van der Waals surface area contributed by atoms with Gasteiger partial charge in [0.05, 0.1) is 17.8 Å². The van der Waals surface area contributed by atoms with Gasteiger partial charge in [0, 0.05) is 36.7 Å². The number of pyridine rings is 1. The summed E-state index contributed by atoms with van der Waals surface area (Å²) in [6.45, 7) is 3.17. The molecule has 7 nitrogen and oxygen atoms in total. The van der Waals surface area contributed by atoms with Gasteiger partial charge in [-0.25, -0.2) is 8.42 Å². The summed E-state index contributed by atoms with van der Waals surface area (Å²) in [6, 6.07) is 12.5. The molecule has 0 bridgehead atoms. The minimum Gasteiger partial charge on any atom is -0.476 e. The van der Waals surface area contributed by atoms with E-state index in [1.54, 1.807) is 30.5 Å². The SMILES string of the molecule is Cc1ccc(OCC2CCN(S(=O)(=O)c3cccc4cccnc34)C2)nn1. The van der Waals surface area contributed by atoms with E-state index < -0.39 is 10.0 Å². The van der Waals surface area contributed by atoms with E-state index in [1.807, 2.05) is 25.1 Å². The molecule has 8 heteroatoms. The lowest BCUT2D eigenvalue weighted by Crippen LogP contribution is -2.30. The molecule has 1 fully saturated rings. The number of aromatic nitrogens is 3. The lowest BCUT2D eigenvalue weighted by molar-refractivity contribution is 0.244. The second-order valence-electron chi connectivity index (χ2n) is 6.67. The third-order valence-corrected chi connectivity index (χ3v) is 6.60. The molecule has 0 amide bonds. The minimum absolute atomic E-state index is 0.116. The summed E-state index contributed by atoms with van der Waals surface area (Å²) in [5.41, 5.74) is 1.33. The summed E-state index contributed by atoms with van der Waals surface area (Å²) in [7, 11) is -3.60. The second-order valence-corrected chi connectivity index (χ2v) is 8.58. The Kier molecular flexibility index (Phi) is 4.75. The summed E-state index contributed by atoms with van der Waals surface area (Å²) in [5, 5.41) is 8.75. The highest BCUT2D eigenvalue weighted by Crippen LogP contribution is 2.28. The first-order valence-electron chi connectivity index (χ1n) is 8.81. The van der Waals surface area contributed by atoms with Crippen LogP contribution in [0.2, 0.25) is 0 Å². The molecule has 1 atom stereocenters. The highest BCUT2D eigenvalue weighted by Gasteiger charge is 2.34. The van der Waals surface area contributed by atoms with Crippen LogP contribution in [-0.2, 0) is 10.0 Å². The molecule has 1 aromatic carbocycles. The molecular weight excluding hydrogens is 364 g/mol. The smallest absolute Gasteiger partial charge is 0.245 e. The molecule has 27 heavy (non-hydrogen) atoms. The first kappa shape index (κ1) is 17.8. The summed E-state index contributed by atoms with van der Waals surface area (Å²) in [6.07, 6.45) is 2.36. The molecule has 0 saturated carbocycles. The Hall–Kier alpha value is -2.58. The van der Waals surface area contributed by atoms with Crippen molar-refractivity contribution in [1.82, 2.24) is 19.5 Å². The van der Waals surface area contributed by atoms with Gasteiger partial charge in [-0.1, -0.05) is 18.2 Å². The van der Waals surface area contributed by atoms with Gasteiger partial charge in [0.1, 0.15) is 4.90 Å². The van der Waals surface area contributed by atoms with Gasteiger partial charge in [0.2, 0.25) is 15.9 Å². The zero-order valence-electron chi connectivity index (χ0n) is 14.9. The van der Waals surface area contributed by atoms with Crippen molar-refractivity contribution in [3.8, 4) is 5.88 Å². The van der Waals surface area contributed by atoms with Crippen molar-refractivity contribution < 1.29 is 13.2 Å². The fourth-order valence-corrected chi connectivity index (χ4v) is 4.94. The zero-order valence-corrected chi connectivity index (χ0v) is 15.8. The molecule has 4 rings (SSSR count). The molecular formula is C19H20N4O3S. The lowest BCUT2D eigenvalue weighted by atomic mass is 10.1. The van der Waals surface area contributed by atoms with Crippen molar-refractivity contribution in [2.75, 3.05) is 19.7 Å². The van der Waals surface area contributed by atoms with Crippen LogP contribution in [0, 0.1) is 12.8 Å². The zero-order chi connectivity index (χ0) is 18.9. The summed E-state index contributed by atoms with van der Waals surface area (Å²) >= 11 is 0. The summed E-state index contributed by atoms with van der Waals surface area (Å²) in [4.78, 5) is 4.53. The van der Waals surface area contributed by atoms with Gasteiger partial charge in [0.15, 0.2) is 0 Å². The van der Waals surface area contributed by atoms with E-state index in [2.05, 4.69) is 15.2 Å². The van der Waals surface area contributed by atoms with Gasteiger partial charge in [-0.2, -0.15) is 9.40 Å². The quantitative estimate of drug-likeness (QED) is 0.672. The topological polar surface area (TPSA) is 85.3 Å². The summed E-state index contributed by atoms with van der Waals surface area (Å²) in [5.74, 6) is 0.575. The van der Waals surface area contributed by atoms with Gasteiger partial charge >= 0.3 is 0 Å². The minimum atomic E-state index is -3.60. The van der Waals surface area contributed by atoms with Gasteiger partial charge in [0.25, 0.3) is 0 Å². The van der Waals surface area contributed by atoms with E-state index in [0.29, 0.717) is 31.1 Å². The predicted molar refractivity (Wildman–Crippen MR) is 101 cm³/mol. The molecule has 140 valence electrons. The van der Waals surface area contributed by atoms with Crippen LogP contribution < -0.4 is 4.74 Å². The normalized spacial score (nSPS) is 18.0. The second kappa shape index (κ2) is 7.21. The Morgan fingerprint density at radius 2 is 2.00 bits per heavy atom. The van der Waals surface area contributed by atoms with E-state index in [4.69, 9.17) is 4.74 Å². The number of hydrogen-bond donors (Lipinski definition) is 0. The molecule has 0 aliphatic carbocycles. The van der Waals surface area contributed by atoms with Gasteiger partial charge < -0.3 is 4.74 Å². The number of benzene rings is 1. The number of sulfonamides is 1. The molecule has 1 saturated heterocycles. The van der Waals surface area contributed by atoms with Crippen LogP contribution >= 0.6 is 0 Å². The number of rotatable bonds is 5. The van der Waals surface area contributed by atoms with E-state index in [0.717, 1.165) is 17.5 Å². The third kappa shape index (κ3) is 3.63. The highest BCUT2D eigenvalue weighted by molar-refractivity contribution is 7.89. The number of hydrogen-bond acceptors (Lipinski definition) is 6. The molecule has 3 aromatic rings. The maximum absolute atomic E-state index is 13.1. The van der Waals surface area contributed by atoms with Crippen molar-refractivity contribution in [2.45, 2.75) is 18.2 Å². The number of para-hydroxylation sites is 1. The molecule has 0 N–H and O–H groups in total. The van der Waals surface area contributed by atoms with Gasteiger partial charge in [-0.15, -0.1) is 5.10 Å². The first-order valence-corrected chi connectivity index (χ1v) is 10.2. The largest absolute Gasteiger partial charge is 0.476 e. The van der Waals surface area contributed by atoms with Crippen LogP contribution in [0.3, 0.4) is 0 Å². The van der Waals surface area contributed by atoms with Crippen LogP contribution in [0.15, 0.2) is 53.6 Å². The Bertz CT molecular complexity index is 1050. The third-order valence-electron chi connectivity index (χ3n) is 4.70. The Morgan fingerprint density at radius 3 is 2.81 bits per heavy atom. The number of nitrogens with zero attached hydrogens (tertiary/aromatic N) is 4. The van der Waals surface area contributed by atoms with Crippen molar-refractivity contribution in [2.24, 2.45) is 5.92 Å². The Labute approximate surface area is 158 Å². The maximum Gasteiger partial charge on any atom is 0.245 e.